The van der Waals surface area contributed by atoms with Crippen LogP contribution < -0.4 is 0 Å². The van der Waals surface area contributed by atoms with Crippen molar-refractivity contribution < 1.29 is 9.53 Å². The number of unbranched alkanes of at least 4 members (excludes halogenated alkanes) is 1. The number of carbonyl (C=O) groups excluding carboxylic acids is 1. The number of esters is 1. The lowest BCUT2D eigenvalue weighted by Crippen LogP contribution is -1.99. The fraction of sp³-hybridized carbons (Fsp3) is 0.667. The van der Waals surface area contributed by atoms with Gasteiger partial charge in [-0.1, -0.05) is 25.0 Å². The van der Waals surface area contributed by atoms with Gasteiger partial charge in [0.25, 0.3) is 0 Å². The van der Waals surface area contributed by atoms with Gasteiger partial charge >= 0.3 is 5.97 Å². The highest BCUT2D eigenvalue weighted by molar-refractivity contribution is 5.71. The maximum Gasteiger partial charge on any atom is 0.309 e. The van der Waals surface area contributed by atoms with E-state index in [0.29, 0.717) is 6.42 Å². The van der Waals surface area contributed by atoms with E-state index in [9.17, 15) is 4.79 Å². The van der Waals surface area contributed by atoms with Crippen LogP contribution in [0, 0.1) is 0 Å². The average Bonchev–Trinajstić information content (AvgIpc) is 2.00. The summed E-state index contributed by atoms with van der Waals surface area (Å²) < 4.78 is 4.52. The van der Waals surface area contributed by atoms with E-state index < -0.39 is 0 Å². The van der Waals surface area contributed by atoms with Gasteiger partial charge in [-0.15, -0.1) is 0 Å². The van der Waals surface area contributed by atoms with Gasteiger partial charge in [0.1, 0.15) is 0 Å². The second-order valence-electron chi connectivity index (χ2n) is 2.59. The van der Waals surface area contributed by atoms with Gasteiger partial charge < -0.3 is 4.74 Å². The zero-order chi connectivity index (χ0) is 8.69. The Bertz CT molecular complexity index is 148. The van der Waals surface area contributed by atoms with E-state index in [4.69, 9.17) is 0 Å². The SMILES string of the molecule is CCC/C=C(/C)CC(=O)OC. The number of hydrogen-bond donors (Lipinski definition) is 0. The van der Waals surface area contributed by atoms with Gasteiger partial charge in [-0.05, 0) is 13.3 Å². The normalized spacial score (nSPS) is 11.4. The highest BCUT2D eigenvalue weighted by Gasteiger charge is 1.99. The minimum atomic E-state index is -0.158. The summed E-state index contributed by atoms with van der Waals surface area (Å²) in [5, 5.41) is 0. The summed E-state index contributed by atoms with van der Waals surface area (Å²) >= 11 is 0. The number of ether oxygens (including phenoxy) is 1. The smallest absolute Gasteiger partial charge is 0.309 e. The Morgan fingerprint density at radius 1 is 1.55 bits per heavy atom. The van der Waals surface area contributed by atoms with Gasteiger partial charge in [-0.25, -0.2) is 0 Å². The number of methoxy groups -OCH3 is 1. The number of rotatable bonds is 4. The van der Waals surface area contributed by atoms with E-state index in [0.717, 1.165) is 18.4 Å². The van der Waals surface area contributed by atoms with Crippen molar-refractivity contribution in [3.8, 4) is 0 Å². The molecule has 0 rings (SSSR count). The van der Waals surface area contributed by atoms with Crippen LogP contribution in [0.3, 0.4) is 0 Å². The van der Waals surface area contributed by atoms with Gasteiger partial charge in [-0.2, -0.15) is 0 Å². The lowest BCUT2D eigenvalue weighted by molar-refractivity contribution is -0.139. The third kappa shape index (κ3) is 5.64. The molecule has 0 amide bonds. The zero-order valence-electron chi connectivity index (χ0n) is 7.52. The zero-order valence-corrected chi connectivity index (χ0v) is 7.52. The summed E-state index contributed by atoms with van der Waals surface area (Å²) in [7, 11) is 1.41. The van der Waals surface area contributed by atoms with Gasteiger partial charge in [0.15, 0.2) is 0 Å². The molecular formula is C9H16O2. The minimum absolute atomic E-state index is 0.158. The van der Waals surface area contributed by atoms with Crippen LogP contribution in [0.15, 0.2) is 11.6 Å². The molecule has 0 heterocycles. The van der Waals surface area contributed by atoms with Crippen LogP contribution in [0.1, 0.15) is 33.1 Å². The average molecular weight is 156 g/mol. The van der Waals surface area contributed by atoms with Crippen molar-refractivity contribution in [1.29, 1.82) is 0 Å². The summed E-state index contributed by atoms with van der Waals surface area (Å²) in [6.07, 6.45) is 4.68. The maximum atomic E-state index is 10.7. The number of allylic oxidation sites excluding steroid dienone is 1. The predicted octanol–water partition coefficient (Wildman–Crippen LogP) is 2.30. The second kappa shape index (κ2) is 5.96. The molecule has 0 aliphatic rings. The van der Waals surface area contributed by atoms with Crippen LogP contribution in [-0.4, -0.2) is 13.1 Å². The topological polar surface area (TPSA) is 26.3 Å². The van der Waals surface area contributed by atoms with Crippen molar-refractivity contribution in [1.82, 2.24) is 0 Å². The second-order valence-corrected chi connectivity index (χ2v) is 2.59. The molecule has 0 unspecified atom stereocenters. The van der Waals surface area contributed by atoms with Crippen LogP contribution in [0.5, 0.6) is 0 Å². The predicted molar refractivity (Wildman–Crippen MR) is 45.3 cm³/mol. The Kier molecular flexibility index (Phi) is 5.53. The van der Waals surface area contributed by atoms with Crippen LogP contribution >= 0.6 is 0 Å². The summed E-state index contributed by atoms with van der Waals surface area (Å²) in [6.45, 7) is 4.06. The van der Waals surface area contributed by atoms with Gasteiger partial charge in [0, 0.05) is 0 Å². The highest BCUT2D eigenvalue weighted by Crippen LogP contribution is 2.03. The van der Waals surface area contributed by atoms with E-state index in [2.05, 4.69) is 17.7 Å². The van der Waals surface area contributed by atoms with Crippen LogP contribution in [0.2, 0.25) is 0 Å². The van der Waals surface area contributed by atoms with Crippen molar-refractivity contribution in [2.24, 2.45) is 0 Å². The first-order chi connectivity index (χ1) is 5.20. The Hall–Kier alpha value is -0.790. The Morgan fingerprint density at radius 2 is 2.18 bits per heavy atom. The number of carbonyl (C=O) groups is 1. The first-order valence-electron chi connectivity index (χ1n) is 3.93. The summed E-state index contributed by atoms with van der Waals surface area (Å²) in [5.41, 5.74) is 1.10. The molecule has 0 saturated heterocycles. The molecule has 0 aliphatic carbocycles. The Balaban J connectivity index is 3.66. The molecule has 0 aromatic rings. The van der Waals surface area contributed by atoms with Crippen molar-refractivity contribution in [2.45, 2.75) is 33.1 Å². The quantitative estimate of drug-likeness (QED) is 0.461. The van der Waals surface area contributed by atoms with Crippen molar-refractivity contribution in [3.63, 3.8) is 0 Å². The van der Waals surface area contributed by atoms with E-state index in [-0.39, 0.29) is 5.97 Å². The van der Waals surface area contributed by atoms with Crippen LogP contribution in [0.4, 0.5) is 0 Å². The van der Waals surface area contributed by atoms with E-state index in [1.54, 1.807) is 0 Å². The van der Waals surface area contributed by atoms with E-state index in [1.807, 2.05) is 6.92 Å². The number of hydrogen-bond acceptors (Lipinski definition) is 2. The molecule has 0 aliphatic heterocycles. The van der Waals surface area contributed by atoms with Gasteiger partial charge in [0.05, 0.1) is 13.5 Å². The summed E-state index contributed by atoms with van der Waals surface area (Å²) in [4.78, 5) is 10.7. The fourth-order valence-corrected chi connectivity index (χ4v) is 0.763. The molecule has 2 nitrogen and oxygen atoms in total. The molecule has 0 bridgehead atoms. The van der Waals surface area contributed by atoms with Crippen molar-refractivity contribution in [3.05, 3.63) is 11.6 Å². The molecule has 0 fully saturated rings. The lowest BCUT2D eigenvalue weighted by Gasteiger charge is -1.98. The molecule has 11 heavy (non-hydrogen) atoms. The largest absolute Gasteiger partial charge is 0.469 e. The highest BCUT2D eigenvalue weighted by atomic mass is 16.5. The molecular weight excluding hydrogens is 140 g/mol. The molecule has 0 aromatic heterocycles. The summed E-state index contributed by atoms with van der Waals surface area (Å²) in [5.74, 6) is -0.158. The van der Waals surface area contributed by atoms with Crippen LogP contribution in [0.25, 0.3) is 0 Å². The molecule has 64 valence electrons. The molecule has 0 spiro atoms. The minimum Gasteiger partial charge on any atom is -0.469 e. The van der Waals surface area contributed by atoms with Gasteiger partial charge in [-0.3, -0.25) is 4.79 Å². The molecule has 2 heteroatoms. The summed E-state index contributed by atoms with van der Waals surface area (Å²) in [6, 6.07) is 0. The van der Waals surface area contributed by atoms with E-state index >= 15 is 0 Å². The van der Waals surface area contributed by atoms with E-state index in [1.165, 1.54) is 7.11 Å². The van der Waals surface area contributed by atoms with Crippen molar-refractivity contribution >= 4 is 5.97 Å². The molecule has 0 N–H and O–H groups in total. The lowest BCUT2D eigenvalue weighted by atomic mass is 10.1. The molecule has 0 saturated carbocycles. The van der Waals surface area contributed by atoms with Gasteiger partial charge in [0.2, 0.25) is 0 Å². The molecule has 0 atom stereocenters. The van der Waals surface area contributed by atoms with Crippen LogP contribution in [-0.2, 0) is 9.53 Å². The Labute approximate surface area is 68.2 Å². The monoisotopic (exact) mass is 156 g/mol. The maximum absolute atomic E-state index is 10.7. The molecule has 0 radical (unpaired) electrons. The van der Waals surface area contributed by atoms with Crippen molar-refractivity contribution in [2.75, 3.05) is 7.11 Å². The fourth-order valence-electron chi connectivity index (χ4n) is 0.763. The first-order valence-corrected chi connectivity index (χ1v) is 3.93. The third-order valence-electron chi connectivity index (χ3n) is 1.43. The Morgan fingerprint density at radius 3 is 2.64 bits per heavy atom. The standard InChI is InChI=1S/C9H16O2/c1-4-5-6-8(2)7-9(10)11-3/h6H,4-5,7H2,1-3H3/b8-6-. The first kappa shape index (κ1) is 10.2. The molecule has 0 aromatic carbocycles. The third-order valence-corrected chi connectivity index (χ3v) is 1.43.